The molecule has 17 heavy (non-hydrogen) atoms. The molecular weight excluding hydrogens is 256 g/mol. The van der Waals surface area contributed by atoms with Gasteiger partial charge in [0.05, 0.1) is 6.07 Å². The predicted octanol–water partition coefficient (Wildman–Crippen LogP) is 1.89. The summed E-state index contributed by atoms with van der Waals surface area (Å²) in [5.41, 5.74) is 0. The summed E-state index contributed by atoms with van der Waals surface area (Å²) < 4.78 is 26.8. The van der Waals surface area contributed by atoms with E-state index in [0.717, 1.165) is 24.1 Å². The van der Waals surface area contributed by atoms with E-state index in [-0.39, 0.29) is 5.92 Å². The van der Waals surface area contributed by atoms with Crippen molar-refractivity contribution in [3.05, 3.63) is 17.0 Å². The summed E-state index contributed by atoms with van der Waals surface area (Å²) in [5.74, 6) is 0.195. The van der Waals surface area contributed by atoms with Crippen LogP contribution in [0.2, 0.25) is 0 Å². The fourth-order valence-electron chi connectivity index (χ4n) is 1.58. The number of nitrogens with one attached hydrogen (secondary N) is 1. The molecule has 1 fully saturated rings. The molecule has 0 aromatic carbocycles. The van der Waals surface area contributed by atoms with Gasteiger partial charge in [0.25, 0.3) is 10.0 Å². The Morgan fingerprint density at radius 2 is 2.29 bits per heavy atom. The average Bonchev–Trinajstić information content (AvgIpc) is 3.02. The number of thiophene rings is 1. The SMILES string of the molecule is CCc1ccc(S(=O)(=O)NC(C#N)C2CC2)s1. The van der Waals surface area contributed by atoms with E-state index in [1.807, 2.05) is 19.1 Å². The molecule has 2 rings (SSSR count). The highest BCUT2D eigenvalue weighted by molar-refractivity contribution is 7.91. The van der Waals surface area contributed by atoms with Crippen molar-refractivity contribution in [2.45, 2.75) is 36.4 Å². The Bertz CT molecular complexity index is 538. The lowest BCUT2D eigenvalue weighted by molar-refractivity contribution is 0.562. The van der Waals surface area contributed by atoms with Crippen LogP contribution in [-0.4, -0.2) is 14.5 Å². The van der Waals surface area contributed by atoms with Crippen LogP contribution in [0.3, 0.4) is 0 Å². The highest BCUT2D eigenvalue weighted by atomic mass is 32.2. The quantitative estimate of drug-likeness (QED) is 0.888. The fourth-order valence-corrected chi connectivity index (χ4v) is 4.10. The zero-order chi connectivity index (χ0) is 12.5. The van der Waals surface area contributed by atoms with Crippen LogP contribution in [0.5, 0.6) is 0 Å². The molecule has 1 aromatic heterocycles. The fraction of sp³-hybridized carbons (Fsp3) is 0.545. The first-order valence-electron chi connectivity index (χ1n) is 5.57. The Hall–Kier alpha value is -0.900. The average molecular weight is 270 g/mol. The molecule has 1 aromatic rings. The Morgan fingerprint density at radius 1 is 1.59 bits per heavy atom. The minimum atomic E-state index is -3.52. The predicted molar refractivity (Wildman–Crippen MR) is 66.1 cm³/mol. The molecule has 92 valence electrons. The summed E-state index contributed by atoms with van der Waals surface area (Å²) in [4.78, 5) is 1.03. The van der Waals surface area contributed by atoms with Gasteiger partial charge in [-0.3, -0.25) is 0 Å². The summed E-state index contributed by atoms with van der Waals surface area (Å²) in [6.45, 7) is 1.98. The number of sulfonamides is 1. The van der Waals surface area contributed by atoms with E-state index < -0.39 is 16.1 Å². The second-order valence-electron chi connectivity index (χ2n) is 4.14. The molecule has 0 spiro atoms. The first kappa shape index (κ1) is 12.6. The van der Waals surface area contributed by atoms with E-state index in [2.05, 4.69) is 4.72 Å². The van der Waals surface area contributed by atoms with Crippen molar-refractivity contribution in [2.75, 3.05) is 0 Å². The van der Waals surface area contributed by atoms with Crippen molar-refractivity contribution in [1.29, 1.82) is 5.26 Å². The number of rotatable bonds is 5. The van der Waals surface area contributed by atoms with Crippen LogP contribution in [0.25, 0.3) is 0 Å². The minimum Gasteiger partial charge on any atom is -0.206 e. The van der Waals surface area contributed by atoms with Crippen LogP contribution in [-0.2, 0) is 16.4 Å². The Morgan fingerprint density at radius 3 is 2.76 bits per heavy atom. The maximum absolute atomic E-state index is 12.0. The Kier molecular flexibility index (Phi) is 3.52. The van der Waals surface area contributed by atoms with Gasteiger partial charge in [-0.2, -0.15) is 9.98 Å². The van der Waals surface area contributed by atoms with Crippen LogP contribution >= 0.6 is 11.3 Å². The smallest absolute Gasteiger partial charge is 0.206 e. The Balaban J connectivity index is 2.15. The highest BCUT2D eigenvalue weighted by Crippen LogP contribution is 2.33. The zero-order valence-electron chi connectivity index (χ0n) is 9.51. The van der Waals surface area contributed by atoms with Crippen LogP contribution in [0.1, 0.15) is 24.6 Å². The molecule has 1 N–H and O–H groups in total. The molecule has 0 bridgehead atoms. The summed E-state index contributed by atoms with van der Waals surface area (Å²) in [6.07, 6.45) is 2.70. The van der Waals surface area contributed by atoms with Crippen molar-refractivity contribution in [1.82, 2.24) is 4.72 Å². The normalized spacial score (nSPS) is 17.6. The third kappa shape index (κ3) is 2.86. The van der Waals surface area contributed by atoms with Gasteiger partial charge in [0.15, 0.2) is 0 Å². The Labute approximate surface area is 105 Å². The molecule has 4 nitrogen and oxygen atoms in total. The van der Waals surface area contributed by atoms with E-state index >= 15 is 0 Å². The zero-order valence-corrected chi connectivity index (χ0v) is 11.1. The van der Waals surface area contributed by atoms with Gasteiger partial charge in [0.1, 0.15) is 10.3 Å². The lowest BCUT2D eigenvalue weighted by Crippen LogP contribution is -2.34. The van der Waals surface area contributed by atoms with Crippen LogP contribution in [0, 0.1) is 17.2 Å². The number of nitriles is 1. The molecule has 1 unspecified atom stereocenters. The van der Waals surface area contributed by atoms with E-state index in [4.69, 9.17) is 5.26 Å². The molecule has 1 aliphatic carbocycles. The molecule has 0 radical (unpaired) electrons. The lowest BCUT2D eigenvalue weighted by atomic mass is 10.2. The topological polar surface area (TPSA) is 70.0 Å². The maximum atomic E-state index is 12.0. The molecule has 1 saturated carbocycles. The highest BCUT2D eigenvalue weighted by Gasteiger charge is 2.34. The van der Waals surface area contributed by atoms with Gasteiger partial charge >= 0.3 is 0 Å². The van der Waals surface area contributed by atoms with E-state index in [1.165, 1.54) is 11.3 Å². The maximum Gasteiger partial charge on any atom is 0.251 e. The molecule has 6 heteroatoms. The summed E-state index contributed by atoms with van der Waals surface area (Å²) in [6, 6.07) is 4.87. The van der Waals surface area contributed by atoms with Crippen molar-refractivity contribution >= 4 is 21.4 Å². The van der Waals surface area contributed by atoms with E-state index in [1.54, 1.807) is 6.07 Å². The van der Waals surface area contributed by atoms with Gasteiger partial charge in [-0.1, -0.05) is 6.92 Å². The number of hydrogen-bond donors (Lipinski definition) is 1. The first-order valence-corrected chi connectivity index (χ1v) is 7.87. The lowest BCUT2D eigenvalue weighted by Gasteiger charge is -2.09. The van der Waals surface area contributed by atoms with Gasteiger partial charge in [-0.15, -0.1) is 11.3 Å². The van der Waals surface area contributed by atoms with Crippen LogP contribution in [0.4, 0.5) is 0 Å². The summed E-state index contributed by atoms with van der Waals surface area (Å²) in [5, 5.41) is 8.92. The summed E-state index contributed by atoms with van der Waals surface area (Å²) >= 11 is 1.26. The van der Waals surface area contributed by atoms with Gasteiger partial charge in [0, 0.05) is 4.88 Å². The molecule has 1 heterocycles. The molecule has 0 aliphatic heterocycles. The number of aryl methyl sites for hydroxylation is 1. The van der Waals surface area contributed by atoms with Gasteiger partial charge < -0.3 is 0 Å². The second-order valence-corrected chi connectivity index (χ2v) is 7.25. The second kappa shape index (κ2) is 4.77. The van der Waals surface area contributed by atoms with Gasteiger partial charge in [-0.05, 0) is 37.3 Å². The van der Waals surface area contributed by atoms with E-state index in [0.29, 0.717) is 4.21 Å². The van der Waals surface area contributed by atoms with Crippen molar-refractivity contribution < 1.29 is 8.42 Å². The van der Waals surface area contributed by atoms with E-state index in [9.17, 15) is 8.42 Å². The van der Waals surface area contributed by atoms with Crippen LogP contribution < -0.4 is 4.72 Å². The van der Waals surface area contributed by atoms with Crippen LogP contribution in [0.15, 0.2) is 16.3 Å². The molecule has 0 saturated heterocycles. The largest absolute Gasteiger partial charge is 0.251 e. The standard InChI is InChI=1S/C11H14N2O2S2/c1-2-9-5-6-11(16-9)17(14,15)13-10(7-12)8-3-4-8/h5-6,8,10,13H,2-4H2,1H3. The molecule has 1 aliphatic rings. The monoisotopic (exact) mass is 270 g/mol. The minimum absolute atomic E-state index is 0.195. The van der Waals surface area contributed by atoms with Crippen molar-refractivity contribution in [3.63, 3.8) is 0 Å². The van der Waals surface area contributed by atoms with Gasteiger partial charge in [-0.25, -0.2) is 8.42 Å². The molecule has 1 atom stereocenters. The first-order chi connectivity index (χ1) is 8.06. The third-order valence-corrected chi connectivity index (χ3v) is 5.93. The van der Waals surface area contributed by atoms with Crippen molar-refractivity contribution in [3.8, 4) is 6.07 Å². The molecular formula is C11H14N2O2S2. The number of hydrogen-bond acceptors (Lipinski definition) is 4. The molecule has 0 amide bonds. The van der Waals surface area contributed by atoms with Gasteiger partial charge in [0.2, 0.25) is 0 Å². The van der Waals surface area contributed by atoms with Crippen molar-refractivity contribution in [2.24, 2.45) is 5.92 Å². The third-order valence-electron chi connectivity index (χ3n) is 2.76. The summed E-state index contributed by atoms with van der Waals surface area (Å²) in [7, 11) is -3.52. The number of nitrogens with zero attached hydrogens (tertiary/aromatic N) is 1.